The van der Waals surface area contributed by atoms with Gasteiger partial charge in [-0.2, -0.15) is 0 Å². The molecular weight excluding hydrogens is 350 g/mol. The molecule has 0 aliphatic carbocycles. The SMILES string of the molecule is Cc1cc(Br)cc(C)c1OCC(=O)N[C@@H](C)c1cccs1. The van der Waals surface area contributed by atoms with Gasteiger partial charge in [0.15, 0.2) is 6.61 Å². The Kier molecular flexibility index (Phi) is 5.42. The quantitative estimate of drug-likeness (QED) is 0.851. The molecule has 3 nitrogen and oxygen atoms in total. The van der Waals surface area contributed by atoms with Crippen LogP contribution in [-0.2, 0) is 4.79 Å². The van der Waals surface area contributed by atoms with Crippen LogP contribution in [0.3, 0.4) is 0 Å². The van der Waals surface area contributed by atoms with Gasteiger partial charge in [0.25, 0.3) is 5.91 Å². The van der Waals surface area contributed by atoms with Gasteiger partial charge in [0.1, 0.15) is 5.75 Å². The van der Waals surface area contributed by atoms with Crippen molar-refractivity contribution in [1.29, 1.82) is 0 Å². The summed E-state index contributed by atoms with van der Waals surface area (Å²) in [5, 5.41) is 4.94. The monoisotopic (exact) mass is 367 g/mol. The van der Waals surface area contributed by atoms with Crippen molar-refractivity contribution in [3.63, 3.8) is 0 Å². The van der Waals surface area contributed by atoms with E-state index in [1.807, 2.05) is 50.4 Å². The highest BCUT2D eigenvalue weighted by Gasteiger charge is 2.12. The third-order valence-electron chi connectivity index (χ3n) is 3.12. The van der Waals surface area contributed by atoms with E-state index in [9.17, 15) is 4.79 Å². The van der Waals surface area contributed by atoms with E-state index >= 15 is 0 Å². The van der Waals surface area contributed by atoms with Gasteiger partial charge >= 0.3 is 0 Å². The number of benzene rings is 1. The summed E-state index contributed by atoms with van der Waals surface area (Å²) in [4.78, 5) is 13.1. The van der Waals surface area contributed by atoms with Crippen LogP contribution in [0.5, 0.6) is 5.75 Å². The summed E-state index contributed by atoms with van der Waals surface area (Å²) in [6.45, 7) is 5.94. The molecule has 0 aliphatic rings. The predicted octanol–water partition coefficient (Wildman–Crippen LogP) is 4.38. The molecule has 0 radical (unpaired) electrons. The van der Waals surface area contributed by atoms with Crippen LogP contribution in [0.15, 0.2) is 34.1 Å². The molecule has 1 aromatic heterocycles. The van der Waals surface area contributed by atoms with Gasteiger partial charge < -0.3 is 10.1 Å². The summed E-state index contributed by atoms with van der Waals surface area (Å²) in [5.41, 5.74) is 2.03. The fraction of sp³-hybridized carbons (Fsp3) is 0.312. The average Bonchev–Trinajstić information content (AvgIpc) is 2.91. The first kappa shape index (κ1) is 16.0. The zero-order valence-electron chi connectivity index (χ0n) is 12.3. The predicted molar refractivity (Wildman–Crippen MR) is 90.0 cm³/mol. The smallest absolute Gasteiger partial charge is 0.258 e. The van der Waals surface area contributed by atoms with Crippen molar-refractivity contribution in [1.82, 2.24) is 5.32 Å². The summed E-state index contributed by atoms with van der Waals surface area (Å²) in [7, 11) is 0. The molecule has 0 fully saturated rings. The molecule has 2 rings (SSSR count). The molecule has 0 saturated heterocycles. The average molecular weight is 368 g/mol. The van der Waals surface area contributed by atoms with Crippen molar-refractivity contribution in [3.05, 3.63) is 50.1 Å². The maximum absolute atomic E-state index is 12.0. The number of amides is 1. The van der Waals surface area contributed by atoms with E-state index in [-0.39, 0.29) is 18.6 Å². The van der Waals surface area contributed by atoms with Gasteiger partial charge in [-0.3, -0.25) is 4.79 Å². The van der Waals surface area contributed by atoms with Gasteiger partial charge in [-0.05, 0) is 55.5 Å². The molecule has 0 saturated carbocycles. The van der Waals surface area contributed by atoms with Crippen molar-refractivity contribution in [3.8, 4) is 5.75 Å². The fourth-order valence-electron chi connectivity index (χ4n) is 2.15. The van der Waals surface area contributed by atoms with Gasteiger partial charge in [0, 0.05) is 9.35 Å². The van der Waals surface area contributed by atoms with Crippen molar-refractivity contribution in [2.24, 2.45) is 0 Å². The molecule has 0 spiro atoms. The number of nitrogens with one attached hydrogen (secondary N) is 1. The standard InChI is InChI=1S/C16H18BrNO2S/c1-10-7-13(17)8-11(2)16(10)20-9-15(19)18-12(3)14-5-4-6-21-14/h4-8,12H,9H2,1-3H3,(H,18,19)/t12-/m0/s1. The summed E-state index contributed by atoms with van der Waals surface area (Å²) < 4.78 is 6.69. The van der Waals surface area contributed by atoms with E-state index in [4.69, 9.17) is 4.74 Å². The molecule has 1 aromatic carbocycles. The normalized spacial score (nSPS) is 12.0. The first-order valence-electron chi connectivity index (χ1n) is 6.69. The highest BCUT2D eigenvalue weighted by molar-refractivity contribution is 9.10. The summed E-state index contributed by atoms with van der Waals surface area (Å²) >= 11 is 5.08. The van der Waals surface area contributed by atoms with Crippen LogP contribution >= 0.6 is 27.3 Å². The zero-order chi connectivity index (χ0) is 15.4. The van der Waals surface area contributed by atoms with Crippen LogP contribution in [0.25, 0.3) is 0 Å². The molecule has 0 unspecified atom stereocenters. The highest BCUT2D eigenvalue weighted by Crippen LogP contribution is 2.27. The molecular formula is C16H18BrNO2S. The molecule has 1 amide bonds. The molecule has 1 atom stereocenters. The van der Waals surface area contributed by atoms with E-state index in [1.165, 1.54) is 0 Å². The number of thiophene rings is 1. The number of aryl methyl sites for hydroxylation is 2. The van der Waals surface area contributed by atoms with E-state index in [0.717, 1.165) is 26.2 Å². The second-order valence-electron chi connectivity index (χ2n) is 4.96. The number of carbonyl (C=O) groups is 1. The number of hydrogen-bond acceptors (Lipinski definition) is 3. The molecule has 1 N–H and O–H groups in total. The number of halogens is 1. The fourth-order valence-corrected chi connectivity index (χ4v) is 3.58. The van der Waals surface area contributed by atoms with Crippen molar-refractivity contribution < 1.29 is 9.53 Å². The minimum absolute atomic E-state index is 0.00760. The van der Waals surface area contributed by atoms with E-state index in [0.29, 0.717) is 0 Å². The first-order chi connectivity index (χ1) is 9.97. The van der Waals surface area contributed by atoms with Crippen LogP contribution in [0, 0.1) is 13.8 Å². The van der Waals surface area contributed by atoms with Gasteiger partial charge in [0.2, 0.25) is 0 Å². The molecule has 0 bridgehead atoms. The zero-order valence-corrected chi connectivity index (χ0v) is 14.7. The van der Waals surface area contributed by atoms with Crippen LogP contribution in [-0.4, -0.2) is 12.5 Å². The van der Waals surface area contributed by atoms with Gasteiger partial charge in [-0.15, -0.1) is 11.3 Å². The van der Waals surface area contributed by atoms with Gasteiger partial charge in [-0.1, -0.05) is 22.0 Å². The second-order valence-corrected chi connectivity index (χ2v) is 6.86. The minimum Gasteiger partial charge on any atom is -0.483 e. The largest absolute Gasteiger partial charge is 0.483 e. The Balaban J connectivity index is 1.93. The number of carbonyl (C=O) groups excluding carboxylic acids is 1. The Bertz CT molecular complexity index is 602. The molecule has 5 heteroatoms. The lowest BCUT2D eigenvalue weighted by Crippen LogP contribution is -2.31. The molecule has 112 valence electrons. The van der Waals surface area contributed by atoms with Crippen LogP contribution in [0.4, 0.5) is 0 Å². The Morgan fingerprint density at radius 3 is 2.62 bits per heavy atom. The van der Waals surface area contributed by atoms with Crippen LogP contribution in [0.2, 0.25) is 0 Å². The van der Waals surface area contributed by atoms with E-state index in [2.05, 4.69) is 21.2 Å². The third-order valence-corrected chi connectivity index (χ3v) is 4.63. The molecule has 2 aromatic rings. The molecule has 1 heterocycles. The molecule has 0 aliphatic heterocycles. The Morgan fingerprint density at radius 1 is 1.38 bits per heavy atom. The number of ether oxygens (including phenoxy) is 1. The minimum atomic E-state index is -0.113. The lowest BCUT2D eigenvalue weighted by molar-refractivity contribution is -0.123. The van der Waals surface area contributed by atoms with Crippen molar-refractivity contribution in [2.45, 2.75) is 26.8 Å². The summed E-state index contributed by atoms with van der Waals surface area (Å²) in [6.07, 6.45) is 0. The Hall–Kier alpha value is -1.33. The van der Waals surface area contributed by atoms with Gasteiger partial charge in [-0.25, -0.2) is 0 Å². The van der Waals surface area contributed by atoms with Crippen molar-refractivity contribution in [2.75, 3.05) is 6.61 Å². The van der Waals surface area contributed by atoms with Crippen LogP contribution < -0.4 is 10.1 Å². The van der Waals surface area contributed by atoms with E-state index in [1.54, 1.807) is 11.3 Å². The number of rotatable bonds is 5. The van der Waals surface area contributed by atoms with Gasteiger partial charge in [0.05, 0.1) is 6.04 Å². The van der Waals surface area contributed by atoms with E-state index < -0.39 is 0 Å². The number of hydrogen-bond donors (Lipinski definition) is 1. The maximum Gasteiger partial charge on any atom is 0.258 e. The highest BCUT2D eigenvalue weighted by atomic mass is 79.9. The summed E-state index contributed by atoms with van der Waals surface area (Å²) in [6, 6.07) is 7.96. The third kappa shape index (κ3) is 4.32. The lowest BCUT2D eigenvalue weighted by atomic mass is 10.1. The first-order valence-corrected chi connectivity index (χ1v) is 8.37. The summed E-state index contributed by atoms with van der Waals surface area (Å²) in [5.74, 6) is 0.662. The maximum atomic E-state index is 12.0. The topological polar surface area (TPSA) is 38.3 Å². The Labute approximate surface area is 137 Å². The van der Waals surface area contributed by atoms with Crippen LogP contribution in [0.1, 0.15) is 29.0 Å². The second kappa shape index (κ2) is 7.09. The lowest BCUT2D eigenvalue weighted by Gasteiger charge is -2.15. The Morgan fingerprint density at radius 2 is 2.05 bits per heavy atom. The molecule has 21 heavy (non-hydrogen) atoms. The van der Waals surface area contributed by atoms with Crippen molar-refractivity contribution >= 4 is 33.2 Å².